The number of H-pyrrole nitrogens is 1. The van der Waals surface area contributed by atoms with Crippen molar-refractivity contribution in [2.24, 2.45) is 0 Å². The van der Waals surface area contributed by atoms with Gasteiger partial charge in [0.1, 0.15) is 18.3 Å². The van der Waals surface area contributed by atoms with Crippen LogP contribution in [0.5, 0.6) is 0 Å². The van der Waals surface area contributed by atoms with E-state index >= 15 is 0 Å². The molecule has 3 N–H and O–H groups in total. The Morgan fingerprint density at radius 1 is 1.45 bits per heavy atom. The number of aryl methyl sites for hydroxylation is 1. The number of aliphatic hydroxyl groups excluding tert-OH is 2. The van der Waals surface area contributed by atoms with E-state index in [2.05, 4.69) is 4.98 Å². The molecule has 0 spiro atoms. The average Bonchev–Trinajstić information content (AvgIpc) is 2.65. The largest absolute Gasteiger partial charge is 0.394 e. The van der Waals surface area contributed by atoms with Crippen LogP contribution in [0.4, 0.5) is 0 Å². The van der Waals surface area contributed by atoms with Gasteiger partial charge in [-0.15, -0.1) is 0 Å². The van der Waals surface area contributed by atoms with Crippen molar-refractivity contribution in [3.05, 3.63) is 32.6 Å². The monoisotopic (exact) mass is 312 g/mol. The molecule has 2 saturated heterocycles. The van der Waals surface area contributed by atoms with Crippen molar-refractivity contribution >= 4 is 0 Å². The number of nitrogens with zero attached hydrogens (tertiary/aromatic N) is 1. The molecule has 8 nitrogen and oxygen atoms in total. The first-order valence-corrected chi connectivity index (χ1v) is 7.41. The first kappa shape index (κ1) is 15.4. The highest BCUT2D eigenvalue weighted by Gasteiger charge is 2.48. The van der Waals surface area contributed by atoms with Gasteiger partial charge in [-0.1, -0.05) is 0 Å². The lowest BCUT2D eigenvalue weighted by Crippen LogP contribution is -2.57. The van der Waals surface area contributed by atoms with E-state index in [-0.39, 0.29) is 12.7 Å². The number of hydrogen-bond acceptors (Lipinski definition) is 6. The zero-order valence-electron chi connectivity index (χ0n) is 12.3. The number of aromatic nitrogens is 2. The number of fused-ring (bicyclic) bond motifs is 2. The molecule has 1 aromatic rings. The Bertz CT molecular complexity index is 653. The molecule has 2 aliphatic rings. The zero-order valence-corrected chi connectivity index (χ0v) is 12.3. The predicted octanol–water partition coefficient (Wildman–Crippen LogP) is -1.31. The van der Waals surface area contributed by atoms with Crippen molar-refractivity contribution < 1.29 is 19.7 Å². The van der Waals surface area contributed by atoms with Crippen molar-refractivity contribution in [2.75, 3.05) is 13.2 Å². The highest BCUT2D eigenvalue weighted by atomic mass is 16.6. The fraction of sp³-hybridized carbons (Fsp3) is 0.714. The first-order valence-electron chi connectivity index (χ1n) is 7.41. The fourth-order valence-electron chi connectivity index (χ4n) is 3.25. The van der Waals surface area contributed by atoms with Crippen LogP contribution < -0.4 is 11.2 Å². The van der Waals surface area contributed by atoms with Crippen molar-refractivity contribution in [1.29, 1.82) is 0 Å². The fourth-order valence-corrected chi connectivity index (χ4v) is 3.25. The van der Waals surface area contributed by atoms with Gasteiger partial charge in [-0.25, -0.2) is 4.79 Å². The number of rotatable bonds is 2. The van der Waals surface area contributed by atoms with Gasteiger partial charge in [-0.05, 0) is 19.8 Å². The summed E-state index contributed by atoms with van der Waals surface area (Å²) in [5.41, 5.74) is -0.592. The predicted molar refractivity (Wildman–Crippen MR) is 75.8 cm³/mol. The molecule has 0 aliphatic carbocycles. The quantitative estimate of drug-likeness (QED) is 0.624. The number of aliphatic hydroxyl groups is 2. The van der Waals surface area contributed by atoms with Gasteiger partial charge in [0.2, 0.25) is 0 Å². The molecule has 0 amide bonds. The third-order valence-corrected chi connectivity index (χ3v) is 4.37. The van der Waals surface area contributed by atoms with Crippen LogP contribution >= 0.6 is 0 Å². The van der Waals surface area contributed by atoms with Crippen LogP contribution in [0.25, 0.3) is 0 Å². The van der Waals surface area contributed by atoms with Crippen LogP contribution in [0, 0.1) is 6.92 Å². The van der Waals surface area contributed by atoms with E-state index in [1.165, 1.54) is 10.8 Å². The lowest BCUT2D eigenvalue weighted by molar-refractivity contribution is -0.206. The molecule has 2 fully saturated rings. The second kappa shape index (κ2) is 5.96. The number of ether oxygens (including phenoxy) is 2. The smallest absolute Gasteiger partial charge is 0.328 e. The molecule has 0 aromatic carbocycles. The van der Waals surface area contributed by atoms with E-state index in [1.807, 2.05) is 0 Å². The Hall–Kier alpha value is -1.48. The SMILES string of the molecule is Cc1cn([C@@H]2C3CCCOC2[C@@H](O)[C@@H](CO)O3)c(=O)[nH]c1=O. The van der Waals surface area contributed by atoms with Crippen LogP contribution in [-0.4, -0.2) is 57.4 Å². The molecule has 5 atom stereocenters. The third kappa shape index (κ3) is 2.52. The minimum absolute atomic E-state index is 0.316. The number of hydrogen-bond donors (Lipinski definition) is 3. The lowest BCUT2D eigenvalue weighted by Gasteiger charge is -2.43. The summed E-state index contributed by atoms with van der Waals surface area (Å²) in [4.78, 5) is 26.0. The van der Waals surface area contributed by atoms with E-state index in [1.54, 1.807) is 6.92 Å². The van der Waals surface area contributed by atoms with Crippen molar-refractivity contribution in [3.63, 3.8) is 0 Å². The third-order valence-electron chi connectivity index (χ3n) is 4.37. The van der Waals surface area contributed by atoms with Gasteiger partial charge >= 0.3 is 5.69 Å². The minimum Gasteiger partial charge on any atom is -0.394 e. The van der Waals surface area contributed by atoms with Gasteiger partial charge in [-0.3, -0.25) is 14.3 Å². The summed E-state index contributed by atoms with van der Waals surface area (Å²) in [6.07, 6.45) is 0.0506. The Kier molecular flexibility index (Phi) is 4.18. The van der Waals surface area contributed by atoms with Gasteiger partial charge in [0.05, 0.1) is 18.8 Å². The molecule has 122 valence electrons. The van der Waals surface area contributed by atoms with Crippen LogP contribution in [0.2, 0.25) is 0 Å². The van der Waals surface area contributed by atoms with E-state index in [9.17, 15) is 19.8 Å². The maximum Gasteiger partial charge on any atom is 0.328 e. The minimum atomic E-state index is -1.04. The molecule has 8 heteroatoms. The molecule has 2 unspecified atom stereocenters. The molecule has 3 heterocycles. The van der Waals surface area contributed by atoms with Crippen LogP contribution in [0.15, 0.2) is 15.8 Å². The maximum absolute atomic E-state index is 12.2. The van der Waals surface area contributed by atoms with Crippen LogP contribution in [0.3, 0.4) is 0 Å². The van der Waals surface area contributed by atoms with Gasteiger partial charge in [0, 0.05) is 18.4 Å². The molecular formula is C14H20N2O6. The summed E-state index contributed by atoms with van der Waals surface area (Å²) in [6.45, 7) is 1.74. The topological polar surface area (TPSA) is 114 Å². The van der Waals surface area contributed by atoms with Crippen molar-refractivity contribution in [3.8, 4) is 0 Å². The van der Waals surface area contributed by atoms with E-state index in [4.69, 9.17) is 9.47 Å². The maximum atomic E-state index is 12.2. The summed E-state index contributed by atoms with van der Waals surface area (Å²) in [6, 6.07) is -0.539. The van der Waals surface area contributed by atoms with E-state index in [0.717, 1.165) is 6.42 Å². The van der Waals surface area contributed by atoms with Crippen molar-refractivity contribution in [2.45, 2.75) is 50.2 Å². The zero-order chi connectivity index (χ0) is 15.9. The molecule has 1 aromatic heterocycles. The summed E-state index contributed by atoms with van der Waals surface area (Å²) in [5.74, 6) is 0. The molecule has 2 bridgehead atoms. The Balaban J connectivity index is 2.07. The molecular weight excluding hydrogens is 292 g/mol. The first-order chi connectivity index (χ1) is 10.5. The standard InChI is InChI=1S/C14H20N2O6/c1-7-5-16(14(20)15-13(7)19)10-8-3-2-4-21-12(10)11(18)9(6-17)22-8/h5,8-12,17-18H,2-4,6H2,1H3,(H,15,19,20)/t8?,9-,10-,11+,12?/m1/s1. The molecule has 3 rings (SSSR count). The second-order valence-electron chi connectivity index (χ2n) is 5.83. The summed E-state index contributed by atoms with van der Waals surface area (Å²) >= 11 is 0. The second-order valence-corrected chi connectivity index (χ2v) is 5.83. The Labute approximate surface area is 126 Å². The highest BCUT2D eigenvalue weighted by Crippen LogP contribution is 2.35. The Morgan fingerprint density at radius 3 is 2.95 bits per heavy atom. The molecule has 0 radical (unpaired) electrons. The number of aromatic amines is 1. The van der Waals surface area contributed by atoms with Crippen LogP contribution in [0.1, 0.15) is 24.4 Å². The van der Waals surface area contributed by atoms with Gasteiger partial charge in [0.25, 0.3) is 5.56 Å². The Morgan fingerprint density at radius 2 is 2.23 bits per heavy atom. The van der Waals surface area contributed by atoms with E-state index < -0.39 is 35.6 Å². The van der Waals surface area contributed by atoms with E-state index in [0.29, 0.717) is 18.6 Å². The van der Waals surface area contributed by atoms with Gasteiger partial charge in [-0.2, -0.15) is 0 Å². The van der Waals surface area contributed by atoms with Crippen LogP contribution in [-0.2, 0) is 9.47 Å². The van der Waals surface area contributed by atoms with Gasteiger partial charge < -0.3 is 19.7 Å². The number of nitrogens with one attached hydrogen (secondary N) is 1. The molecule has 22 heavy (non-hydrogen) atoms. The highest BCUT2D eigenvalue weighted by molar-refractivity contribution is 5.06. The molecule has 2 aliphatic heterocycles. The lowest BCUT2D eigenvalue weighted by atomic mass is 9.91. The summed E-state index contributed by atoms with van der Waals surface area (Å²) in [7, 11) is 0. The normalized spacial score (nSPS) is 35.1. The molecule has 0 saturated carbocycles. The van der Waals surface area contributed by atoms with Crippen molar-refractivity contribution in [1.82, 2.24) is 9.55 Å². The average molecular weight is 312 g/mol. The summed E-state index contributed by atoms with van der Waals surface area (Å²) in [5, 5.41) is 19.7. The van der Waals surface area contributed by atoms with Gasteiger partial charge in [0.15, 0.2) is 0 Å². The summed E-state index contributed by atoms with van der Waals surface area (Å²) < 4.78 is 12.8.